The Morgan fingerprint density at radius 1 is 1.17 bits per heavy atom. The van der Waals surface area contributed by atoms with Gasteiger partial charge in [-0.15, -0.1) is 0 Å². The number of anilines is 1. The van der Waals surface area contributed by atoms with E-state index in [1.165, 1.54) is 5.56 Å². The first-order valence-electron chi connectivity index (χ1n) is 9.96. The minimum Gasteiger partial charge on any atom is -0.355 e. The molecule has 1 unspecified atom stereocenters. The number of amidine groups is 1. The lowest BCUT2D eigenvalue weighted by Gasteiger charge is -2.21. The molecule has 0 saturated heterocycles. The molecule has 1 atom stereocenters. The second kappa shape index (κ2) is 8.67. The number of carbonyl (C=O) groups is 2. The molecule has 2 aromatic rings. The average molecular weight is 409 g/mol. The lowest BCUT2D eigenvalue weighted by atomic mass is 10.0. The number of nitrogens with one attached hydrogen (secondary N) is 2. The molecule has 0 aromatic heterocycles. The van der Waals surface area contributed by atoms with E-state index in [1.54, 1.807) is 50.3 Å². The van der Waals surface area contributed by atoms with Crippen LogP contribution in [0.1, 0.15) is 54.6 Å². The van der Waals surface area contributed by atoms with Crippen LogP contribution in [-0.4, -0.2) is 42.5 Å². The van der Waals surface area contributed by atoms with Gasteiger partial charge in [-0.25, -0.2) is 14.9 Å². The SMILES string of the molecule is CNC(=O)c1cccc(NC(=O)CC2(C)N=C(c3ccc(C(C)C)cc3)N(C)O2)c1. The van der Waals surface area contributed by atoms with Crippen molar-refractivity contribution in [1.82, 2.24) is 10.4 Å². The predicted molar refractivity (Wildman–Crippen MR) is 117 cm³/mol. The van der Waals surface area contributed by atoms with Crippen molar-refractivity contribution in [2.45, 2.75) is 38.8 Å². The topological polar surface area (TPSA) is 83.0 Å². The van der Waals surface area contributed by atoms with Gasteiger partial charge in [0.25, 0.3) is 5.91 Å². The highest BCUT2D eigenvalue weighted by molar-refractivity contribution is 6.00. The predicted octanol–water partition coefficient (Wildman–Crippen LogP) is 3.54. The third-order valence-electron chi connectivity index (χ3n) is 4.93. The van der Waals surface area contributed by atoms with E-state index >= 15 is 0 Å². The van der Waals surface area contributed by atoms with Crippen LogP contribution in [0.2, 0.25) is 0 Å². The van der Waals surface area contributed by atoms with Gasteiger partial charge in [-0.1, -0.05) is 44.2 Å². The first-order valence-corrected chi connectivity index (χ1v) is 9.96. The number of rotatable bonds is 6. The maximum atomic E-state index is 12.6. The van der Waals surface area contributed by atoms with Crippen LogP contribution >= 0.6 is 0 Å². The minimum absolute atomic E-state index is 0.0368. The van der Waals surface area contributed by atoms with Crippen molar-refractivity contribution in [1.29, 1.82) is 0 Å². The van der Waals surface area contributed by atoms with Crippen molar-refractivity contribution >= 4 is 23.3 Å². The van der Waals surface area contributed by atoms with E-state index in [4.69, 9.17) is 4.84 Å². The molecular formula is C23H28N4O3. The van der Waals surface area contributed by atoms with Crippen LogP contribution in [0.4, 0.5) is 5.69 Å². The van der Waals surface area contributed by atoms with E-state index in [9.17, 15) is 9.59 Å². The number of amides is 2. The van der Waals surface area contributed by atoms with E-state index in [0.29, 0.717) is 23.0 Å². The molecule has 0 saturated carbocycles. The summed E-state index contributed by atoms with van der Waals surface area (Å²) in [5, 5.41) is 6.98. The maximum Gasteiger partial charge on any atom is 0.251 e. The van der Waals surface area contributed by atoms with Crippen LogP contribution in [0.25, 0.3) is 0 Å². The van der Waals surface area contributed by atoms with Gasteiger partial charge in [0, 0.05) is 30.9 Å². The van der Waals surface area contributed by atoms with E-state index in [-0.39, 0.29) is 18.2 Å². The van der Waals surface area contributed by atoms with Crippen LogP contribution in [0.5, 0.6) is 0 Å². The van der Waals surface area contributed by atoms with Gasteiger partial charge in [0.05, 0.1) is 6.42 Å². The van der Waals surface area contributed by atoms with Crippen molar-refractivity contribution < 1.29 is 14.4 Å². The molecule has 7 heteroatoms. The molecule has 7 nitrogen and oxygen atoms in total. The number of carbonyl (C=O) groups excluding carboxylic acids is 2. The summed E-state index contributed by atoms with van der Waals surface area (Å²) in [6.45, 7) is 6.08. The highest BCUT2D eigenvalue weighted by atomic mass is 16.7. The van der Waals surface area contributed by atoms with E-state index in [2.05, 4.69) is 41.6 Å². The molecule has 1 aliphatic rings. The number of hydrogen-bond acceptors (Lipinski definition) is 5. The highest BCUT2D eigenvalue weighted by Crippen LogP contribution is 2.29. The van der Waals surface area contributed by atoms with Crippen molar-refractivity contribution in [3.63, 3.8) is 0 Å². The smallest absolute Gasteiger partial charge is 0.251 e. The zero-order chi connectivity index (χ0) is 21.9. The Labute approximate surface area is 177 Å². The largest absolute Gasteiger partial charge is 0.355 e. The third kappa shape index (κ3) is 4.86. The minimum atomic E-state index is -1.01. The molecule has 30 heavy (non-hydrogen) atoms. The molecular weight excluding hydrogens is 380 g/mol. The van der Waals surface area contributed by atoms with Gasteiger partial charge in [0.2, 0.25) is 5.91 Å². The lowest BCUT2D eigenvalue weighted by Crippen LogP contribution is -2.32. The summed E-state index contributed by atoms with van der Waals surface area (Å²) in [5.41, 5.74) is 2.20. The molecule has 158 valence electrons. The van der Waals surface area contributed by atoms with Gasteiger partial charge in [-0.2, -0.15) is 0 Å². The van der Waals surface area contributed by atoms with Gasteiger partial charge in [0.1, 0.15) is 0 Å². The summed E-state index contributed by atoms with van der Waals surface area (Å²) in [6.07, 6.45) is 0.0368. The fraction of sp³-hybridized carbons (Fsp3) is 0.348. The van der Waals surface area contributed by atoms with E-state index in [1.807, 2.05) is 12.1 Å². The first kappa shape index (κ1) is 21.5. The standard InChI is InChI=1S/C23H28N4O3/c1-15(2)16-9-11-17(12-10-16)21-26-23(3,30-27(21)5)14-20(28)25-19-8-6-7-18(13-19)22(29)24-4/h6-13,15H,14H2,1-5H3,(H,24,29)(H,25,28). The van der Waals surface area contributed by atoms with E-state index in [0.717, 1.165) is 5.56 Å². The molecule has 0 spiro atoms. The highest BCUT2D eigenvalue weighted by Gasteiger charge is 2.37. The van der Waals surface area contributed by atoms with Crippen LogP contribution < -0.4 is 10.6 Å². The summed E-state index contributed by atoms with van der Waals surface area (Å²) in [7, 11) is 3.35. The van der Waals surface area contributed by atoms with Gasteiger partial charge in [-0.05, 0) is 36.6 Å². The summed E-state index contributed by atoms with van der Waals surface area (Å²) in [6, 6.07) is 15.0. The van der Waals surface area contributed by atoms with Crippen molar-refractivity contribution in [3.8, 4) is 0 Å². The molecule has 2 aromatic carbocycles. The second-order valence-corrected chi connectivity index (χ2v) is 7.86. The Kier molecular flexibility index (Phi) is 6.22. The van der Waals surface area contributed by atoms with Gasteiger partial charge >= 0.3 is 0 Å². The molecule has 0 radical (unpaired) electrons. The lowest BCUT2D eigenvalue weighted by molar-refractivity contribution is -0.164. The number of hydrogen-bond donors (Lipinski definition) is 2. The molecule has 2 N–H and O–H groups in total. The van der Waals surface area contributed by atoms with Crippen molar-refractivity contribution in [2.24, 2.45) is 4.99 Å². The molecule has 1 aliphatic heterocycles. The Balaban J connectivity index is 1.71. The summed E-state index contributed by atoms with van der Waals surface area (Å²) in [4.78, 5) is 35.0. The zero-order valence-corrected chi connectivity index (χ0v) is 18.0. The summed E-state index contributed by atoms with van der Waals surface area (Å²) >= 11 is 0. The van der Waals surface area contributed by atoms with Gasteiger partial charge in [0.15, 0.2) is 11.6 Å². The quantitative estimate of drug-likeness (QED) is 0.766. The van der Waals surface area contributed by atoms with Gasteiger partial charge < -0.3 is 10.6 Å². The molecule has 1 heterocycles. The molecule has 2 amide bonds. The Bertz CT molecular complexity index is 969. The number of aliphatic imine (C=N–C) groups is 1. The molecule has 0 aliphatic carbocycles. The van der Waals surface area contributed by atoms with Crippen LogP contribution in [0.15, 0.2) is 53.5 Å². The fourth-order valence-electron chi connectivity index (χ4n) is 3.37. The van der Waals surface area contributed by atoms with Crippen LogP contribution in [0, 0.1) is 0 Å². The zero-order valence-electron chi connectivity index (χ0n) is 18.0. The van der Waals surface area contributed by atoms with Crippen molar-refractivity contribution in [2.75, 3.05) is 19.4 Å². The van der Waals surface area contributed by atoms with Crippen LogP contribution in [0.3, 0.4) is 0 Å². The Hall–Kier alpha value is -3.19. The average Bonchev–Trinajstić information content (AvgIpc) is 3.01. The third-order valence-corrected chi connectivity index (χ3v) is 4.93. The Morgan fingerprint density at radius 2 is 1.87 bits per heavy atom. The van der Waals surface area contributed by atoms with E-state index < -0.39 is 5.72 Å². The van der Waals surface area contributed by atoms with Crippen LogP contribution in [-0.2, 0) is 9.63 Å². The monoisotopic (exact) mass is 408 g/mol. The first-order chi connectivity index (χ1) is 14.2. The summed E-state index contributed by atoms with van der Waals surface area (Å²) in [5.74, 6) is 0.674. The fourth-order valence-corrected chi connectivity index (χ4v) is 3.37. The van der Waals surface area contributed by atoms with Crippen molar-refractivity contribution in [3.05, 3.63) is 65.2 Å². The molecule has 0 bridgehead atoms. The number of hydroxylamine groups is 2. The summed E-state index contributed by atoms with van der Waals surface area (Å²) < 4.78 is 0. The maximum absolute atomic E-state index is 12.6. The molecule has 0 fully saturated rings. The molecule has 3 rings (SSSR count). The van der Waals surface area contributed by atoms with Gasteiger partial charge in [-0.3, -0.25) is 9.59 Å². The normalized spacial score (nSPS) is 18.3. The second-order valence-electron chi connectivity index (χ2n) is 7.86. The number of benzene rings is 2. The number of nitrogens with zero attached hydrogens (tertiary/aromatic N) is 2. The Morgan fingerprint density at radius 3 is 2.50 bits per heavy atom.